The van der Waals surface area contributed by atoms with Crippen LogP contribution >= 0.6 is 0 Å². The highest BCUT2D eigenvalue weighted by atomic mass is 16.5. The molecule has 2 heterocycles. The number of ether oxygens (including phenoxy) is 1. The molecule has 0 aliphatic carbocycles. The molecule has 1 N–H and O–H groups in total. The highest BCUT2D eigenvalue weighted by molar-refractivity contribution is 5.92. The SMILES string of the molecule is CCOCC(=O)N1CCn2cc(C(=O)NC(C)C)nc2[C@@H]1C. The van der Waals surface area contributed by atoms with Gasteiger partial charge in [0, 0.05) is 31.9 Å². The van der Waals surface area contributed by atoms with E-state index in [0.29, 0.717) is 25.4 Å². The first-order valence-corrected chi connectivity index (χ1v) is 7.69. The van der Waals surface area contributed by atoms with Gasteiger partial charge in [-0.05, 0) is 27.7 Å². The van der Waals surface area contributed by atoms with Gasteiger partial charge in [0.05, 0.1) is 6.04 Å². The maximum Gasteiger partial charge on any atom is 0.271 e. The Labute approximate surface area is 130 Å². The number of aromatic nitrogens is 2. The van der Waals surface area contributed by atoms with E-state index < -0.39 is 0 Å². The van der Waals surface area contributed by atoms with E-state index in [1.165, 1.54) is 0 Å². The number of hydrogen-bond donors (Lipinski definition) is 1. The zero-order valence-corrected chi connectivity index (χ0v) is 13.6. The van der Waals surface area contributed by atoms with Crippen LogP contribution in [0.25, 0.3) is 0 Å². The van der Waals surface area contributed by atoms with Crippen molar-refractivity contribution in [1.29, 1.82) is 0 Å². The normalized spacial score (nSPS) is 17.5. The second kappa shape index (κ2) is 6.91. The number of fused-ring (bicyclic) bond motifs is 1. The number of carbonyl (C=O) groups excluding carboxylic acids is 2. The van der Waals surface area contributed by atoms with Crippen molar-refractivity contribution < 1.29 is 14.3 Å². The van der Waals surface area contributed by atoms with Crippen LogP contribution in [0.5, 0.6) is 0 Å². The zero-order chi connectivity index (χ0) is 16.3. The summed E-state index contributed by atoms with van der Waals surface area (Å²) in [7, 11) is 0. The average molecular weight is 308 g/mol. The Bertz CT molecular complexity index is 553. The van der Waals surface area contributed by atoms with Crippen molar-refractivity contribution in [2.24, 2.45) is 0 Å². The number of amides is 2. The third-order valence-corrected chi connectivity index (χ3v) is 3.63. The molecule has 1 aliphatic heterocycles. The molecule has 22 heavy (non-hydrogen) atoms. The number of hydrogen-bond acceptors (Lipinski definition) is 4. The predicted molar refractivity (Wildman–Crippen MR) is 81.5 cm³/mol. The third kappa shape index (κ3) is 3.47. The Morgan fingerprint density at radius 1 is 1.45 bits per heavy atom. The lowest BCUT2D eigenvalue weighted by Gasteiger charge is -2.33. The van der Waals surface area contributed by atoms with Crippen LogP contribution in [-0.4, -0.2) is 52.1 Å². The maximum atomic E-state index is 12.1. The lowest BCUT2D eigenvalue weighted by atomic mass is 10.2. The molecule has 1 aliphatic rings. The molecular formula is C15H24N4O3. The molecular weight excluding hydrogens is 284 g/mol. The Kier molecular flexibility index (Phi) is 5.18. The van der Waals surface area contributed by atoms with Gasteiger partial charge in [0.25, 0.3) is 5.91 Å². The van der Waals surface area contributed by atoms with E-state index in [9.17, 15) is 9.59 Å². The topological polar surface area (TPSA) is 76.5 Å². The van der Waals surface area contributed by atoms with Crippen molar-refractivity contribution in [3.63, 3.8) is 0 Å². The second-order valence-corrected chi connectivity index (χ2v) is 5.71. The summed E-state index contributed by atoms with van der Waals surface area (Å²) in [6, 6.07) is -0.102. The van der Waals surface area contributed by atoms with Crippen LogP contribution in [-0.2, 0) is 16.1 Å². The smallest absolute Gasteiger partial charge is 0.271 e. The van der Waals surface area contributed by atoms with Crippen LogP contribution in [0.4, 0.5) is 0 Å². The number of carbonyl (C=O) groups is 2. The highest BCUT2D eigenvalue weighted by Crippen LogP contribution is 2.24. The molecule has 1 aromatic heterocycles. The van der Waals surface area contributed by atoms with Crippen LogP contribution in [0.15, 0.2) is 6.20 Å². The molecule has 0 spiro atoms. The Morgan fingerprint density at radius 2 is 2.18 bits per heavy atom. The molecule has 0 unspecified atom stereocenters. The van der Waals surface area contributed by atoms with Crippen molar-refractivity contribution in [3.05, 3.63) is 17.7 Å². The molecule has 2 rings (SSSR count). The molecule has 0 bridgehead atoms. The monoisotopic (exact) mass is 308 g/mol. The number of nitrogens with one attached hydrogen (secondary N) is 1. The van der Waals surface area contributed by atoms with Gasteiger partial charge in [-0.25, -0.2) is 4.98 Å². The van der Waals surface area contributed by atoms with Crippen LogP contribution in [0.1, 0.15) is 50.0 Å². The first-order chi connectivity index (χ1) is 10.4. The van der Waals surface area contributed by atoms with Crippen LogP contribution in [0.2, 0.25) is 0 Å². The number of imidazole rings is 1. The lowest BCUT2D eigenvalue weighted by Crippen LogP contribution is -2.42. The van der Waals surface area contributed by atoms with Gasteiger partial charge in [0.1, 0.15) is 18.1 Å². The fourth-order valence-electron chi connectivity index (χ4n) is 2.55. The van der Waals surface area contributed by atoms with Gasteiger partial charge in [-0.15, -0.1) is 0 Å². The van der Waals surface area contributed by atoms with Crippen molar-refractivity contribution in [1.82, 2.24) is 19.8 Å². The molecule has 0 fully saturated rings. The standard InChI is InChI=1S/C15H24N4O3/c1-5-22-9-13(20)19-7-6-18-8-12(15(21)16-10(2)3)17-14(18)11(19)4/h8,10-11H,5-7,9H2,1-4H3,(H,16,21)/t11-/m0/s1. The van der Waals surface area contributed by atoms with Gasteiger partial charge >= 0.3 is 0 Å². The van der Waals surface area contributed by atoms with Gasteiger partial charge in [-0.1, -0.05) is 0 Å². The maximum absolute atomic E-state index is 12.1. The molecule has 0 aromatic carbocycles. The average Bonchev–Trinajstić information content (AvgIpc) is 2.89. The minimum Gasteiger partial charge on any atom is -0.372 e. The van der Waals surface area contributed by atoms with E-state index in [1.807, 2.05) is 32.3 Å². The molecule has 0 radical (unpaired) electrons. The summed E-state index contributed by atoms with van der Waals surface area (Å²) in [6.45, 7) is 9.44. The summed E-state index contributed by atoms with van der Waals surface area (Å²) in [5.74, 6) is 0.512. The largest absolute Gasteiger partial charge is 0.372 e. The summed E-state index contributed by atoms with van der Waals surface area (Å²) in [6.07, 6.45) is 1.76. The first kappa shape index (κ1) is 16.5. The van der Waals surface area contributed by atoms with Gasteiger partial charge in [-0.2, -0.15) is 0 Å². The highest BCUT2D eigenvalue weighted by Gasteiger charge is 2.30. The van der Waals surface area contributed by atoms with Crippen LogP contribution in [0, 0.1) is 0 Å². The first-order valence-electron chi connectivity index (χ1n) is 7.69. The van der Waals surface area contributed by atoms with E-state index in [4.69, 9.17) is 4.74 Å². The summed E-state index contributed by atoms with van der Waals surface area (Å²) in [5.41, 5.74) is 0.398. The molecule has 1 atom stereocenters. The quantitative estimate of drug-likeness (QED) is 0.879. The van der Waals surface area contributed by atoms with E-state index in [-0.39, 0.29) is 30.5 Å². The number of nitrogens with zero attached hydrogens (tertiary/aromatic N) is 3. The fraction of sp³-hybridized carbons (Fsp3) is 0.667. The minimum absolute atomic E-state index is 0.0446. The van der Waals surface area contributed by atoms with E-state index >= 15 is 0 Å². The molecule has 122 valence electrons. The predicted octanol–water partition coefficient (Wildman–Crippen LogP) is 0.961. The molecule has 0 saturated heterocycles. The Morgan fingerprint density at radius 3 is 2.82 bits per heavy atom. The molecule has 1 aromatic rings. The molecule has 7 heteroatoms. The van der Waals surface area contributed by atoms with E-state index in [1.54, 1.807) is 11.1 Å². The fourth-order valence-corrected chi connectivity index (χ4v) is 2.55. The van der Waals surface area contributed by atoms with Gasteiger partial charge in [-0.3, -0.25) is 9.59 Å². The zero-order valence-electron chi connectivity index (χ0n) is 13.6. The third-order valence-electron chi connectivity index (χ3n) is 3.63. The Hall–Kier alpha value is -1.89. The van der Waals surface area contributed by atoms with Crippen molar-refractivity contribution in [3.8, 4) is 0 Å². The molecule has 0 saturated carbocycles. The van der Waals surface area contributed by atoms with Crippen molar-refractivity contribution >= 4 is 11.8 Å². The second-order valence-electron chi connectivity index (χ2n) is 5.71. The van der Waals surface area contributed by atoms with Crippen molar-refractivity contribution in [2.75, 3.05) is 19.8 Å². The van der Waals surface area contributed by atoms with E-state index in [0.717, 1.165) is 5.82 Å². The van der Waals surface area contributed by atoms with Gasteiger partial charge in [0.2, 0.25) is 5.91 Å². The van der Waals surface area contributed by atoms with Crippen molar-refractivity contribution in [2.45, 2.75) is 46.3 Å². The van der Waals surface area contributed by atoms with Gasteiger partial charge in [0.15, 0.2) is 0 Å². The summed E-state index contributed by atoms with van der Waals surface area (Å²) < 4.78 is 7.14. The van der Waals surface area contributed by atoms with Gasteiger partial charge < -0.3 is 19.5 Å². The Balaban J connectivity index is 2.13. The number of rotatable bonds is 5. The van der Waals surface area contributed by atoms with E-state index in [2.05, 4.69) is 10.3 Å². The minimum atomic E-state index is -0.184. The summed E-state index contributed by atoms with van der Waals surface area (Å²) >= 11 is 0. The summed E-state index contributed by atoms with van der Waals surface area (Å²) in [5, 5.41) is 2.83. The molecule has 2 amide bonds. The molecule has 7 nitrogen and oxygen atoms in total. The lowest BCUT2D eigenvalue weighted by molar-refractivity contribution is -0.139. The summed E-state index contributed by atoms with van der Waals surface area (Å²) in [4.78, 5) is 30.4. The van der Waals surface area contributed by atoms with Crippen LogP contribution in [0.3, 0.4) is 0 Å². The van der Waals surface area contributed by atoms with Crippen LogP contribution < -0.4 is 5.32 Å².